The number of nitrogens with zero attached hydrogens (tertiary/aromatic N) is 1. The summed E-state index contributed by atoms with van der Waals surface area (Å²) >= 11 is 3.38. The number of hydrogen-bond acceptors (Lipinski definition) is 3. The molecule has 1 aliphatic carbocycles. The summed E-state index contributed by atoms with van der Waals surface area (Å²) in [4.78, 5) is 13.6. The SMILES string of the molecule is CC(Br)C#CC1CCC1.CC(C)(C)OC(=O)N1CCC(O)CC1. The first-order valence-corrected chi connectivity index (χ1v) is 9.40. The molecule has 0 aromatic heterocycles. The van der Waals surface area contributed by atoms with Crippen LogP contribution in [0.2, 0.25) is 0 Å². The zero-order chi connectivity index (χ0) is 17.5. The number of hydrogen-bond donors (Lipinski definition) is 1. The van der Waals surface area contributed by atoms with E-state index in [9.17, 15) is 9.90 Å². The predicted molar refractivity (Wildman–Crippen MR) is 96.6 cm³/mol. The smallest absolute Gasteiger partial charge is 0.410 e. The van der Waals surface area contributed by atoms with Gasteiger partial charge in [-0.1, -0.05) is 34.2 Å². The lowest BCUT2D eigenvalue weighted by atomic mass is 9.86. The number of amides is 1. The summed E-state index contributed by atoms with van der Waals surface area (Å²) in [6.45, 7) is 8.80. The minimum Gasteiger partial charge on any atom is -0.444 e. The minimum atomic E-state index is -0.437. The first-order chi connectivity index (χ1) is 10.7. The maximum Gasteiger partial charge on any atom is 0.410 e. The Kier molecular flexibility index (Phi) is 8.42. The summed E-state index contributed by atoms with van der Waals surface area (Å²) in [6.07, 6.45) is 4.81. The molecule has 0 aromatic carbocycles. The molecule has 1 atom stereocenters. The second-order valence-electron chi connectivity index (χ2n) is 7.23. The predicted octanol–water partition coefficient (Wildman–Crippen LogP) is 3.95. The fraction of sp³-hybridized carbons (Fsp3) is 0.833. The van der Waals surface area contributed by atoms with Crippen molar-refractivity contribution >= 4 is 22.0 Å². The highest BCUT2D eigenvalue weighted by atomic mass is 79.9. The first kappa shape index (κ1) is 20.3. The average Bonchev–Trinajstić information content (AvgIpc) is 2.36. The Balaban J connectivity index is 0.000000253. The van der Waals surface area contributed by atoms with E-state index in [1.807, 2.05) is 20.8 Å². The molecule has 0 aromatic rings. The van der Waals surface area contributed by atoms with Gasteiger partial charge in [-0.15, -0.1) is 0 Å². The monoisotopic (exact) mass is 387 g/mol. The van der Waals surface area contributed by atoms with Gasteiger partial charge in [0.15, 0.2) is 0 Å². The van der Waals surface area contributed by atoms with E-state index < -0.39 is 5.60 Å². The minimum absolute atomic E-state index is 0.256. The number of alkyl halides is 1. The topological polar surface area (TPSA) is 49.8 Å². The van der Waals surface area contributed by atoms with Gasteiger partial charge in [0.2, 0.25) is 0 Å². The van der Waals surface area contributed by atoms with E-state index >= 15 is 0 Å². The number of ether oxygens (including phenoxy) is 1. The molecule has 0 spiro atoms. The molecule has 1 heterocycles. The van der Waals surface area contributed by atoms with Crippen LogP contribution < -0.4 is 0 Å². The zero-order valence-electron chi connectivity index (χ0n) is 14.8. The third kappa shape index (κ3) is 9.22. The van der Waals surface area contributed by atoms with Gasteiger partial charge >= 0.3 is 6.09 Å². The molecule has 2 fully saturated rings. The zero-order valence-corrected chi connectivity index (χ0v) is 16.4. The van der Waals surface area contributed by atoms with Crippen LogP contribution in [0.25, 0.3) is 0 Å². The lowest BCUT2D eigenvalue weighted by Gasteiger charge is -2.31. The third-order valence-electron chi connectivity index (χ3n) is 3.71. The Morgan fingerprint density at radius 2 is 1.83 bits per heavy atom. The van der Waals surface area contributed by atoms with Gasteiger partial charge in [-0.3, -0.25) is 0 Å². The lowest BCUT2D eigenvalue weighted by molar-refractivity contribution is 0.0101. The first-order valence-electron chi connectivity index (χ1n) is 8.48. The Hall–Kier alpha value is -0.730. The summed E-state index contributed by atoms with van der Waals surface area (Å²) in [7, 11) is 0. The van der Waals surface area contributed by atoms with E-state index in [1.54, 1.807) is 4.90 Å². The Morgan fingerprint density at radius 1 is 1.26 bits per heavy atom. The van der Waals surface area contributed by atoms with Crippen LogP contribution in [0.15, 0.2) is 0 Å². The molecule has 1 unspecified atom stereocenters. The van der Waals surface area contributed by atoms with E-state index in [1.165, 1.54) is 19.3 Å². The molecule has 23 heavy (non-hydrogen) atoms. The van der Waals surface area contributed by atoms with Gasteiger partial charge < -0.3 is 14.7 Å². The van der Waals surface area contributed by atoms with E-state index in [2.05, 4.69) is 34.7 Å². The van der Waals surface area contributed by atoms with Gasteiger partial charge in [0.1, 0.15) is 5.60 Å². The number of aliphatic hydroxyl groups excluding tert-OH is 1. The third-order valence-corrected chi connectivity index (χ3v) is 3.94. The number of carbonyl (C=O) groups is 1. The Bertz CT molecular complexity index is 422. The van der Waals surface area contributed by atoms with Gasteiger partial charge in [0.05, 0.1) is 10.9 Å². The average molecular weight is 388 g/mol. The molecule has 1 saturated carbocycles. The fourth-order valence-corrected chi connectivity index (χ4v) is 2.29. The van der Waals surface area contributed by atoms with Crippen LogP contribution in [0.4, 0.5) is 4.79 Å². The van der Waals surface area contributed by atoms with Crippen LogP contribution in [0.1, 0.15) is 59.8 Å². The number of rotatable bonds is 0. The van der Waals surface area contributed by atoms with Crippen molar-refractivity contribution in [3.05, 3.63) is 0 Å². The number of halogens is 1. The van der Waals surface area contributed by atoms with E-state index in [-0.39, 0.29) is 12.2 Å². The van der Waals surface area contributed by atoms with Crippen LogP contribution in [-0.2, 0) is 4.74 Å². The number of carbonyl (C=O) groups excluding carboxylic acids is 1. The highest BCUT2D eigenvalue weighted by molar-refractivity contribution is 9.09. The van der Waals surface area contributed by atoms with Gasteiger partial charge in [-0.05, 0) is 53.4 Å². The van der Waals surface area contributed by atoms with E-state index in [0.717, 1.165) is 5.92 Å². The van der Waals surface area contributed by atoms with Gasteiger partial charge in [0.25, 0.3) is 0 Å². The quantitative estimate of drug-likeness (QED) is 0.505. The van der Waals surface area contributed by atoms with Crippen molar-refractivity contribution in [2.45, 2.75) is 76.3 Å². The molecular formula is C18H30BrNO3. The van der Waals surface area contributed by atoms with Crippen molar-refractivity contribution in [3.8, 4) is 11.8 Å². The van der Waals surface area contributed by atoms with Crippen molar-refractivity contribution in [2.75, 3.05) is 13.1 Å². The van der Waals surface area contributed by atoms with Crippen LogP contribution in [0.5, 0.6) is 0 Å². The molecule has 0 radical (unpaired) electrons. The van der Waals surface area contributed by atoms with Crippen molar-refractivity contribution in [1.82, 2.24) is 4.90 Å². The maximum absolute atomic E-state index is 11.5. The molecule has 1 aliphatic heterocycles. The molecule has 1 N–H and O–H groups in total. The summed E-state index contributed by atoms with van der Waals surface area (Å²) < 4.78 is 5.22. The second-order valence-corrected chi connectivity index (χ2v) is 8.60. The van der Waals surface area contributed by atoms with E-state index in [0.29, 0.717) is 30.8 Å². The standard InChI is InChI=1S/C10H19NO3.C8H11Br/c1-10(2,3)14-9(13)11-6-4-8(12)5-7-11;1-7(9)5-6-8-3-2-4-8/h8,12H,4-7H2,1-3H3;7-8H,2-4H2,1H3. The van der Waals surface area contributed by atoms with Gasteiger partial charge in [-0.2, -0.15) is 0 Å². The van der Waals surface area contributed by atoms with Crippen LogP contribution in [0, 0.1) is 17.8 Å². The molecule has 0 bridgehead atoms. The number of piperidine rings is 1. The van der Waals surface area contributed by atoms with Crippen LogP contribution in [0.3, 0.4) is 0 Å². The van der Waals surface area contributed by atoms with Crippen LogP contribution in [-0.4, -0.2) is 45.7 Å². The molecule has 1 amide bonds. The largest absolute Gasteiger partial charge is 0.444 e. The molecule has 2 rings (SSSR count). The number of aliphatic hydroxyl groups is 1. The number of likely N-dealkylation sites (tertiary alicyclic amines) is 1. The highest BCUT2D eigenvalue weighted by Crippen LogP contribution is 2.25. The Morgan fingerprint density at radius 3 is 2.22 bits per heavy atom. The molecule has 2 aliphatic rings. The summed E-state index contributed by atoms with van der Waals surface area (Å²) in [5.41, 5.74) is -0.437. The van der Waals surface area contributed by atoms with Gasteiger partial charge in [0, 0.05) is 19.0 Å². The van der Waals surface area contributed by atoms with Crippen molar-refractivity contribution in [2.24, 2.45) is 5.92 Å². The van der Waals surface area contributed by atoms with Crippen LogP contribution >= 0.6 is 15.9 Å². The Labute approximate surface area is 149 Å². The van der Waals surface area contributed by atoms with Crippen molar-refractivity contribution < 1.29 is 14.6 Å². The van der Waals surface area contributed by atoms with Crippen molar-refractivity contribution in [3.63, 3.8) is 0 Å². The molecular weight excluding hydrogens is 358 g/mol. The molecule has 4 nitrogen and oxygen atoms in total. The maximum atomic E-state index is 11.5. The summed E-state index contributed by atoms with van der Waals surface area (Å²) in [6, 6.07) is 0. The summed E-state index contributed by atoms with van der Waals surface area (Å²) in [5, 5.41) is 9.26. The highest BCUT2D eigenvalue weighted by Gasteiger charge is 2.25. The fourth-order valence-electron chi connectivity index (χ4n) is 2.16. The molecule has 1 saturated heterocycles. The van der Waals surface area contributed by atoms with Gasteiger partial charge in [-0.25, -0.2) is 4.79 Å². The van der Waals surface area contributed by atoms with Crippen molar-refractivity contribution in [1.29, 1.82) is 0 Å². The second kappa shape index (κ2) is 9.54. The normalized spacial score (nSPS) is 20.3. The molecule has 5 heteroatoms. The van der Waals surface area contributed by atoms with E-state index in [4.69, 9.17) is 4.74 Å². The lowest BCUT2D eigenvalue weighted by Crippen LogP contribution is -2.42. The summed E-state index contributed by atoms with van der Waals surface area (Å²) in [5.74, 6) is 7.06. The molecule has 132 valence electrons.